The van der Waals surface area contributed by atoms with Crippen LogP contribution in [0.5, 0.6) is 0 Å². The molecule has 0 aliphatic heterocycles. The van der Waals surface area contributed by atoms with Crippen molar-refractivity contribution in [2.24, 2.45) is 0 Å². The van der Waals surface area contributed by atoms with E-state index in [0.717, 1.165) is 12.1 Å². The van der Waals surface area contributed by atoms with Gasteiger partial charge in [0.15, 0.2) is 0 Å². The number of carbonyl (C=O) groups is 1. The van der Waals surface area contributed by atoms with E-state index in [4.69, 9.17) is 4.74 Å². The number of nitrogens with zero attached hydrogens (tertiary/aromatic N) is 1. The molecule has 134 valence electrons. The summed E-state index contributed by atoms with van der Waals surface area (Å²) in [6.45, 7) is 1.92. The average Bonchev–Trinajstić information content (AvgIpc) is 3.07. The minimum absolute atomic E-state index is 0.218. The molecule has 0 bridgehead atoms. The Hall–Kier alpha value is -3.09. The van der Waals surface area contributed by atoms with E-state index in [-0.39, 0.29) is 6.61 Å². The largest absolute Gasteiger partial charge is 0.462 e. The summed E-state index contributed by atoms with van der Waals surface area (Å²) < 4.78 is 43.4. The number of alkyl halides is 3. The predicted molar refractivity (Wildman–Crippen MR) is 90.4 cm³/mol. The van der Waals surface area contributed by atoms with Crippen molar-refractivity contribution in [2.75, 3.05) is 6.61 Å². The predicted octanol–water partition coefficient (Wildman–Crippen LogP) is 4.94. The number of aromatic nitrogens is 2. The minimum Gasteiger partial charge on any atom is -0.462 e. The van der Waals surface area contributed by atoms with Crippen LogP contribution >= 0.6 is 0 Å². The summed E-state index contributed by atoms with van der Waals surface area (Å²) in [7, 11) is 0. The fourth-order valence-corrected chi connectivity index (χ4v) is 2.67. The van der Waals surface area contributed by atoms with Crippen LogP contribution in [0.3, 0.4) is 0 Å². The van der Waals surface area contributed by atoms with Crippen LogP contribution in [-0.2, 0) is 10.9 Å². The van der Waals surface area contributed by atoms with E-state index in [1.54, 1.807) is 31.5 Å². The van der Waals surface area contributed by atoms with Crippen molar-refractivity contribution in [1.82, 2.24) is 9.97 Å². The SMILES string of the molecule is CCOC(=O)c1c[nH]c(-c2ccc(C(F)(F)F)cc2)c1-c1ccncc1. The van der Waals surface area contributed by atoms with Crippen LogP contribution in [0.2, 0.25) is 0 Å². The van der Waals surface area contributed by atoms with Crippen molar-refractivity contribution < 1.29 is 22.7 Å². The maximum absolute atomic E-state index is 12.8. The van der Waals surface area contributed by atoms with Gasteiger partial charge in [-0.15, -0.1) is 0 Å². The molecule has 3 rings (SSSR count). The van der Waals surface area contributed by atoms with Gasteiger partial charge in [-0.25, -0.2) is 4.79 Å². The van der Waals surface area contributed by atoms with E-state index in [9.17, 15) is 18.0 Å². The fraction of sp³-hybridized carbons (Fsp3) is 0.158. The Balaban J connectivity index is 2.12. The van der Waals surface area contributed by atoms with Crippen molar-refractivity contribution in [3.63, 3.8) is 0 Å². The number of rotatable bonds is 4. The molecule has 0 fully saturated rings. The lowest BCUT2D eigenvalue weighted by Crippen LogP contribution is -2.05. The first-order chi connectivity index (χ1) is 12.4. The number of H-pyrrole nitrogens is 1. The molecule has 26 heavy (non-hydrogen) atoms. The van der Waals surface area contributed by atoms with Crippen molar-refractivity contribution in [1.29, 1.82) is 0 Å². The van der Waals surface area contributed by atoms with Gasteiger partial charge in [-0.05, 0) is 42.3 Å². The van der Waals surface area contributed by atoms with Crippen LogP contribution in [0.15, 0.2) is 55.0 Å². The summed E-state index contributed by atoms with van der Waals surface area (Å²) in [5, 5.41) is 0. The summed E-state index contributed by atoms with van der Waals surface area (Å²) in [4.78, 5) is 19.2. The van der Waals surface area contributed by atoms with Crippen molar-refractivity contribution in [3.05, 3.63) is 66.1 Å². The number of nitrogens with one attached hydrogen (secondary N) is 1. The van der Waals surface area contributed by atoms with E-state index < -0.39 is 17.7 Å². The topological polar surface area (TPSA) is 55.0 Å². The van der Waals surface area contributed by atoms with Gasteiger partial charge < -0.3 is 9.72 Å². The maximum atomic E-state index is 12.8. The second-order valence-electron chi connectivity index (χ2n) is 5.48. The van der Waals surface area contributed by atoms with Gasteiger partial charge in [0.25, 0.3) is 0 Å². The molecule has 7 heteroatoms. The number of halogens is 3. The molecule has 0 saturated heterocycles. The number of esters is 1. The van der Waals surface area contributed by atoms with Gasteiger partial charge >= 0.3 is 12.1 Å². The van der Waals surface area contributed by atoms with Crippen LogP contribution in [0.1, 0.15) is 22.8 Å². The van der Waals surface area contributed by atoms with E-state index in [1.807, 2.05) is 0 Å². The van der Waals surface area contributed by atoms with Crippen LogP contribution in [0, 0.1) is 0 Å². The molecule has 0 aliphatic carbocycles. The molecule has 1 N–H and O–H groups in total. The molecule has 0 atom stereocenters. The van der Waals surface area contributed by atoms with Crippen molar-refractivity contribution >= 4 is 5.97 Å². The monoisotopic (exact) mass is 360 g/mol. The Morgan fingerprint density at radius 3 is 2.31 bits per heavy atom. The molecule has 1 aromatic carbocycles. The minimum atomic E-state index is -4.40. The van der Waals surface area contributed by atoms with Crippen LogP contribution < -0.4 is 0 Å². The second kappa shape index (κ2) is 7.03. The molecule has 3 aromatic rings. The van der Waals surface area contributed by atoms with Gasteiger partial charge in [0.1, 0.15) is 0 Å². The molecule has 0 spiro atoms. The first-order valence-electron chi connectivity index (χ1n) is 7.88. The summed E-state index contributed by atoms with van der Waals surface area (Å²) in [5.74, 6) is -0.506. The van der Waals surface area contributed by atoms with Gasteiger partial charge in [0, 0.05) is 24.2 Å². The maximum Gasteiger partial charge on any atom is 0.416 e. The average molecular weight is 360 g/mol. The molecule has 4 nitrogen and oxygen atoms in total. The molecule has 0 unspecified atom stereocenters. The van der Waals surface area contributed by atoms with Crippen LogP contribution in [0.4, 0.5) is 13.2 Å². The van der Waals surface area contributed by atoms with E-state index in [2.05, 4.69) is 9.97 Å². The molecule has 2 aromatic heterocycles. The van der Waals surface area contributed by atoms with Gasteiger partial charge in [-0.1, -0.05) is 12.1 Å². The highest BCUT2D eigenvalue weighted by Crippen LogP contribution is 2.36. The lowest BCUT2D eigenvalue weighted by atomic mass is 9.98. The lowest BCUT2D eigenvalue weighted by molar-refractivity contribution is -0.137. The molecular formula is C19H15F3N2O2. The molecule has 0 radical (unpaired) electrons. The number of hydrogen-bond acceptors (Lipinski definition) is 3. The summed E-state index contributed by atoms with van der Waals surface area (Å²) in [6.07, 6.45) is 0.251. The Morgan fingerprint density at radius 1 is 1.08 bits per heavy atom. The number of carbonyl (C=O) groups excluding carboxylic acids is 1. The second-order valence-corrected chi connectivity index (χ2v) is 5.48. The molecule has 0 saturated carbocycles. The Bertz CT molecular complexity index is 901. The van der Waals surface area contributed by atoms with Crippen molar-refractivity contribution in [3.8, 4) is 22.4 Å². The molecule has 0 amide bonds. The first kappa shape index (κ1) is 17.7. The Kier molecular flexibility index (Phi) is 4.79. The normalized spacial score (nSPS) is 11.4. The number of ether oxygens (including phenoxy) is 1. The Morgan fingerprint density at radius 2 is 1.73 bits per heavy atom. The standard InChI is InChI=1S/C19H15F3N2O2/c1-2-26-18(25)15-11-24-17(16(15)12-7-9-23-10-8-12)13-3-5-14(6-4-13)19(20,21)22/h3-11,24H,2H2,1H3. The quantitative estimate of drug-likeness (QED) is 0.671. The smallest absolute Gasteiger partial charge is 0.416 e. The van der Waals surface area contributed by atoms with Crippen LogP contribution in [-0.4, -0.2) is 22.5 Å². The van der Waals surface area contributed by atoms with Gasteiger partial charge in [-0.3, -0.25) is 4.98 Å². The van der Waals surface area contributed by atoms with E-state index in [1.165, 1.54) is 18.3 Å². The lowest BCUT2D eigenvalue weighted by Gasteiger charge is -2.10. The summed E-state index contributed by atoms with van der Waals surface area (Å²) >= 11 is 0. The highest BCUT2D eigenvalue weighted by atomic mass is 19.4. The zero-order valence-electron chi connectivity index (χ0n) is 13.8. The number of hydrogen-bond donors (Lipinski definition) is 1. The molecule has 2 heterocycles. The summed E-state index contributed by atoms with van der Waals surface area (Å²) in [6, 6.07) is 8.20. The third kappa shape index (κ3) is 3.46. The number of aromatic amines is 1. The zero-order valence-corrected chi connectivity index (χ0v) is 13.8. The van der Waals surface area contributed by atoms with Gasteiger partial charge in [-0.2, -0.15) is 13.2 Å². The zero-order chi connectivity index (χ0) is 18.7. The molecule has 0 aliphatic rings. The van der Waals surface area contributed by atoms with Gasteiger partial charge in [0.2, 0.25) is 0 Å². The van der Waals surface area contributed by atoms with Crippen molar-refractivity contribution in [2.45, 2.75) is 13.1 Å². The third-order valence-electron chi connectivity index (χ3n) is 3.85. The van der Waals surface area contributed by atoms with E-state index in [0.29, 0.717) is 27.9 Å². The van der Waals surface area contributed by atoms with E-state index >= 15 is 0 Å². The number of pyridine rings is 1. The number of benzene rings is 1. The van der Waals surface area contributed by atoms with Crippen LogP contribution in [0.25, 0.3) is 22.4 Å². The highest BCUT2D eigenvalue weighted by molar-refractivity contribution is 6.01. The highest BCUT2D eigenvalue weighted by Gasteiger charge is 2.30. The van der Waals surface area contributed by atoms with Gasteiger partial charge in [0.05, 0.1) is 23.4 Å². The Labute approximate surface area is 147 Å². The molecular weight excluding hydrogens is 345 g/mol. The first-order valence-corrected chi connectivity index (χ1v) is 7.88. The fourth-order valence-electron chi connectivity index (χ4n) is 2.67. The summed E-state index contributed by atoms with van der Waals surface area (Å²) in [5.41, 5.74) is 1.91. The third-order valence-corrected chi connectivity index (χ3v) is 3.85.